The Morgan fingerprint density at radius 1 is 1.04 bits per heavy atom. The van der Waals surface area contributed by atoms with Gasteiger partial charge < -0.3 is 15.2 Å². The van der Waals surface area contributed by atoms with Gasteiger partial charge in [-0.1, -0.05) is 24.3 Å². The number of benzene rings is 2. The van der Waals surface area contributed by atoms with Crippen LogP contribution in [0.3, 0.4) is 0 Å². The summed E-state index contributed by atoms with van der Waals surface area (Å²) in [5.41, 5.74) is 11.0. The molecule has 0 atom stereocenters. The van der Waals surface area contributed by atoms with Crippen LogP contribution in [0, 0.1) is 0 Å². The highest BCUT2D eigenvalue weighted by molar-refractivity contribution is 5.58. The lowest BCUT2D eigenvalue weighted by Gasteiger charge is -2.28. The average Bonchev–Trinajstić information content (AvgIpc) is 2.62. The molecule has 0 amide bonds. The van der Waals surface area contributed by atoms with Gasteiger partial charge in [-0.2, -0.15) is 0 Å². The van der Waals surface area contributed by atoms with E-state index in [1.165, 1.54) is 11.1 Å². The molecule has 0 spiro atoms. The van der Waals surface area contributed by atoms with Gasteiger partial charge in [-0.15, -0.1) is 0 Å². The Bertz CT molecular complexity index is 700. The average molecular weight is 326 g/mol. The third kappa shape index (κ3) is 3.65. The molecule has 0 unspecified atom stereocenters. The molecule has 0 saturated heterocycles. The van der Waals surface area contributed by atoms with Gasteiger partial charge in [0.15, 0.2) is 11.5 Å². The van der Waals surface area contributed by atoms with Gasteiger partial charge in [0, 0.05) is 24.8 Å². The molecule has 3 rings (SSSR count). The summed E-state index contributed by atoms with van der Waals surface area (Å²) in [5, 5.41) is 0. The predicted octanol–water partition coefficient (Wildman–Crippen LogP) is 3.28. The molecular formula is C20H26N2O2. The monoisotopic (exact) mass is 326 g/mol. The van der Waals surface area contributed by atoms with Crippen molar-refractivity contribution in [3.05, 3.63) is 53.1 Å². The van der Waals surface area contributed by atoms with E-state index < -0.39 is 0 Å². The van der Waals surface area contributed by atoms with Gasteiger partial charge in [-0.05, 0) is 48.6 Å². The van der Waals surface area contributed by atoms with Crippen molar-refractivity contribution in [2.24, 2.45) is 0 Å². The first-order valence-corrected chi connectivity index (χ1v) is 8.50. The second-order valence-electron chi connectivity index (χ2n) is 6.30. The second kappa shape index (κ2) is 7.58. The lowest BCUT2D eigenvalue weighted by Crippen LogP contribution is -2.31. The lowest BCUT2D eigenvalue weighted by molar-refractivity contribution is 0.251. The summed E-state index contributed by atoms with van der Waals surface area (Å²) in [5.74, 6) is 1.43. The lowest BCUT2D eigenvalue weighted by atomic mass is 9.99. The van der Waals surface area contributed by atoms with E-state index in [1.54, 1.807) is 14.2 Å². The number of hydrogen-bond acceptors (Lipinski definition) is 4. The number of fused-ring (bicyclic) bond motifs is 1. The molecule has 1 aliphatic heterocycles. The van der Waals surface area contributed by atoms with Gasteiger partial charge in [0.1, 0.15) is 0 Å². The molecule has 2 aromatic rings. The number of nitrogens with zero attached hydrogens (tertiary/aromatic N) is 1. The molecule has 0 bridgehead atoms. The molecular weight excluding hydrogens is 300 g/mol. The van der Waals surface area contributed by atoms with Gasteiger partial charge >= 0.3 is 0 Å². The predicted molar refractivity (Wildman–Crippen MR) is 97.7 cm³/mol. The van der Waals surface area contributed by atoms with Crippen molar-refractivity contribution < 1.29 is 9.47 Å². The van der Waals surface area contributed by atoms with Crippen LogP contribution >= 0.6 is 0 Å². The van der Waals surface area contributed by atoms with Crippen LogP contribution in [-0.4, -0.2) is 32.2 Å². The van der Waals surface area contributed by atoms with Crippen molar-refractivity contribution in [3.8, 4) is 11.5 Å². The van der Waals surface area contributed by atoms with Gasteiger partial charge in [0.05, 0.1) is 14.2 Å². The molecule has 24 heavy (non-hydrogen) atoms. The molecule has 0 aliphatic carbocycles. The minimum atomic E-state index is 0.686. The number of rotatable bonds is 6. The standard InChI is InChI=1S/C20H26N2O2/c1-23-19-12-16(18(21)13-20(19)24-2)8-5-10-22-11-9-15-6-3-4-7-17(15)14-22/h3-4,6-7,12-13H,5,8-11,14,21H2,1-2H3. The van der Waals surface area contributed by atoms with E-state index in [-0.39, 0.29) is 0 Å². The molecule has 2 N–H and O–H groups in total. The maximum absolute atomic E-state index is 6.15. The molecule has 1 aliphatic rings. The van der Waals surface area contributed by atoms with E-state index in [4.69, 9.17) is 15.2 Å². The summed E-state index contributed by atoms with van der Waals surface area (Å²) < 4.78 is 10.7. The highest BCUT2D eigenvalue weighted by atomic mass is 16.5. The number of methoxy groups -OCH3 is 2. The summed E-state index contributed by atoms with van der Waals surface area (Å²) in [6.45, 7) is 3.28. The number of hydrogen-bond donors (Lipinski definition) is 1. The van der Waals surface area contributed by atoms with Crippen LogP contribution in [0.1, 0.15) is 23.1 Å². The molecule has 0 fully saturated rings. The third-order valence-electron chi connectivity index (χ3n) is 4.78. The van der Waals surface area contributed by atoms with Crippen molar-refractivity contribution in [2.75, 3.05) is 33.0 Å². The van der Waals surface area contributed by atoms with E-state index in [2.05, 4.69) is 29.2 Å². The van der Waals surface area contributed by atoms with Crippen LogP contribution in [0.25, 0.3) is 0 Å². The van der Waals surface area contributed by atoms with Crippen LogP contribution in [0.4, 0.5) is 5.69 Å². The number of aryl methyl sites for hydroxylation is 1. The Morgan fingerprint density at radius 3 is 2.50 bits per heavy atom. The van der Waals surface area contributed by atoms with Crippen molar-refractivity contribution in [3.63, 3.8) is 0 Å². The van der Waals surface area contributed by atoms with Crippen molar-refractivity contribution >= 4 is 5.69 Å². The van der Waals surface area contributed by atoms with E-state index in [0.29, 0.717) is 5.75 Å². The van der Waals surface area contributed by atoms with Gasteiger partial charge in [0.2, 0.25) is 0 Å². The largest absolute Gasteiger partial charge is 0.493 e. The van der Waals surface area contributed by atoms with Crippen LogP contribution in [0.5, 0.6) is 11.5 Å². The zero-order chi connectivity index (χ0) is 16.9. The van der Waals surface area contributed by atoms with Crippen LogP contribution in [0.15, 0.2) is 36.4 Å². The molecule has 128 valence electrons. The van der Waals surface area contributed by atoms with E-state index in [0.717, 1.165) is 55.9 Å². The van der Waals surface area contributed by atoms with E-state index >= 15 is 0 Å². The van der Waals surface area contributed by atoms with Crippen molar-refractivity contribution in [2.45, 2.75) is 25.8 Å². The number of nitrogen functional groups attached to an aromatic ring is 1. The fourth-order valence-electron chi connectivity index (χ4n) is 3.39. The van der Waals surface area contributed by atoms with Crippen molar-refractivity contribution in [1.29, 1.82) is 0 Å². The molecule has 1 heterocycles. The molecule has 2 aromatic carbocycles. The summed E-state index contributed by atoms with van der Waals surface area (Å²) >= 11 is 0. The molecule has 4 heteroatoms. The first-order valence-electron chi connectivity index (χ1n) is 8.50. The Balaban J connectivity index is 1.57. The zero-order valence-corrected chi connectivity index (χ0v) is 14.5. The Labute approximate surface area is 144 Å². The van der Waals surface area contributed by atoms with Crippen LogP contribution in [-0.2, 0) is 19.4 Å². The Hall–Kier alpha value is -2.20. The quantitative estimate of drug-likeness (QED) is 0.828. The smallest absolute Gasteiger partial charge is 0.162 e. The van der Waals surface area contributed by atoms with E-state index in [1.807, 2.05) is 12.1 Å². The molecule has 0 saturated carbocycles. The van der Waals surface area contributed by atoms with Crippen molar-refractivity contribution in [1.82, 2.24) is 4.90 Å². The first-order chi connectivity index (χ1) is 11.7. The summed E-state index contributed by atoms with van der Waals surface area (Å²) in [4.78, 5) is 2.53. The molecule has 0 radical (unpaired) electrons. The Kier molecular flexibility index (Phi) is 5.26. The number of ether oxygens (including phenoxy) is 2. The number of nitrogens with two attached hydrogens (primary N) is 1. The Morgan fingerprint density at radius 2 is 1.75 bits per heavy atom. The van der Waals surface area contributed by atoms with Gasteiger partial charge in [0.25, 0.3) is 0 Å². The maximum atomic E-state index is 6.15. The molecule has 0 aromatic heterocycles. The topological polar surface area (TPSA) is 47.7 Å². The fraction of sp³-hybridized carbons (Fsp3) is 0.400. The zero-order valence-electron chi connectivity index (χ0n) is 14.5. The van der Waals surface area contributed by atoms with E-state index in [9.17, 15) is 0 Å². The van der Waals surface area contributed by atoms with Gasteiger partial charge in [-0.3, -0.25) is 4.90 Å². The second-order valence-corrected chi connectivity index (χ2v) is 6.30. The number of anilines is 1. The highest BCUT2D eigenvalue weighted by Gasteiger charge is 2.15. The SMILES string of the molecule is COc1cc(N)c(CCCN2CCc3ccccc3C2)cc1OC. The third-order valence-corrected chi connectivity index (χ3v) is 4.78. The molecule has 4 nitrogen and oxygen atoms in total. The normalized spacial score (nSPS) is 14.2. The summed E-state index contributed by atoms with van der Waals surface area (Å²) in [7, 11) is 3.29. The highest BCUT2D eigenvalue weighted by Crippen LogP contribution is 2.32. The summed E-state index contributed by atoms with van der Waals surface area (Å²) in [6.07, 6.45) is 3.18. The fourth-order valence-corrected chi connectivity index (χ4v) is 3.39. The maximum Gasteiger partial charge on any atom is 0.162 e. The van der Waals surface area contributed by atoms with Crippen LogP contribution < -0.4 is 15.2 Å². The minimum absolute atomic E-state index is 0.686. The summed E-state index contributed by atoms with van der Waals surface area (Å²) in [6, 6.07) is 12.6. The minimum Gasteiger partial charge on any atom is -0.493 e. The van der Waals surface area contributed by atoms with Gasteiger partial charge in [-0.25, -0.2) is 0 Å². The van der Waals surface area contributed by atoms with Crippen LogP contribution in [0.2, 0.25) is 0 Å². The first kappa shape index (κ1) is 16.7.